The summed E-state index contributed by atoms with van der Waals surface area (Å²) in [4.78, 5) is 34.0. The minimum Gasteiger partial charge on any atom is -0.377 e. The molecule has 28 heavy (non-hydrogen) atoms. The third kappa shape index (κ3) is 4.02. The monoisotopic (exact) mass is 385 g/mol. The zero-order chi connectivity index (χ0) is 19.5. The van der Waals surface area contributed by atoms with Crippen LogP contribution < -0.4 is 10.4 Å². The van der Waals surface area contributed by atoms with Crippen LogP contribution in [-0.2, 0) is 14.3 Å². The van der Waals surface area contributed by atoms with Crippen LogP contribution in [0.15, 0.2) is 35.3 Å². The third-order valence-electron chi connectivity index (χ3n) is 5.48. The molecule has 3 heterocycles. The standard InChI is InChI=1S/C20H27N5O3/c1-15-19(26)25(16-6-3-2-4-7-16)22-18(21-15)20(27)24-11-9-23(10-12-24)14-17-8-5-13-28-17/h2-4,6-7,15,17H,5,8-14H2,1H3,(H,21,22). The van der Waals surface area contributed by atoms with Crippen LogP contribution >= 0.6 is 0 Å². The molecule has 1 aromatic rings. The SMILES string of the molecule is CC1N=C(C(=O)N2CCN(CC3CCCO3)CC2)NN(c2ccccc2)C1=O. The number of amidine groups is 1. The fraction of sp³-hybridized carbons (Fsp3) is 0.550. The first-order valence-corrected chi connectivity index (χ1v) is 9.98. The average molecular weight is 385 g/mol. The fourth-order valence-electron chi connectivity index (χ4n) is 3.86. The van der Waals surface area contributed by atoms with E-state index in [1.807, 2.05) is 35.2 Å². The van der Waals surface area contributed by atoms with E-state index >= 15 is 0 Å². The van der Waals surface area contributed by atoms with Gasteiger partial charge < -0.3 is 9.64 Å². The van der Waals surface area contributed by atoms with Gasteiger partial charge in [-0.1, -0.05) is 18.2 Å². The predicted octanol–water partition coefficient (Wildman–Crippen LogP) is 0.648. The molecule has 1 N–H and O–H groups in total. The molecule has 4 rings (SSSR count). The zero-order valence-electron chi connectivity index (χ0n) is 16.2. The van der Waals surface area contributed by atoms with Gasteiger partial charge >= 0.3 is 0 Å². The Bertz CT molecular complexity index is 739. The van der Waals surface area contributed by atoms with Crippen LogP contribution in [0, 0.1) is 0 Å². The Hall–Kier alpha value is -2.45. The van der Waals surface area contributed by atoms with Crippen molar-refractivity contribution in [2.45, 2.75) is 31.9 Å². The first kappa shape index (κ1) is 18.9. The summed E-state index contributed by atoms with van der Waals surface area (Å²) in [5, 5.41) is 1.42. The van der Waals surface area contributed by atoms with Crippen LogP contribution in [0.2, 0.25) is 0 Å². The van der Waals surface area contributed by atoms with Gasteiger partial charge in [-0.25, -0.2) is 10.0 Å². The molecule has 2 atom stereocenters. The van der Waals surface area contributed by atoms with Gasteiger partial charge in [-0.2, -0.15) is 0 Å². The van der Waals surface area contributed by atoms with Gasteiger partial charge in [0.25, 0.3) is 11.8 Å². The van der Waals surface area contributed by atoms with E-state index in [0.717, 1.165) is 39.1 Å². The van der Waals surface area contributed by atoms with Gasteiger partial charge in [0.1, 0.15) is 6.04 Å². The Morgan fingerprint density at radius 3 is 2.64 bits per heavy atom. The number of anilines is 1. The van der Waals surface area contributed by atoms with Gasteiger partial charge in [0, 0.05) is 39.3 Å². The van der Waals surface area contributed by atoms with Crippen molar-refractivity contribution in [1.29, 1.82) is 0 Å². The van der Waals surface area contributed by atoms with Gasteiger partial charge in [-0.05, 0) is 31.9 Å². The van der Waals surface area contributed by atoms with Crippen LogP contribution in [-0.4, -0.2) is 78.9 Å². The summed E-state index contributed by atoms with van der Waals surface area (Å²) in [5.74, 6) is -0.107. The topological polar surface area (TPSA) is 77.5 Å². The molecule has 0 bridgehead atoms. The zero-order valence-corrected chi connectivity index (χ0v) is 16.2. The summed E-state index contributed by atoms with van der Waals surface area (Å²) in [6, 6.07) is 8.66. The lowest BCUT2D eigenvalue weighted by molar-refractivity contribution is -0.126. The number of rotatable bonds is 4. The number of ether oxygens (including phenoxy) is 1. The summed E-state index contributed by atoms with van der Waals surface area (Å²) in [6.07, 6.45) is 2.60. The number of para-hydroxylation sites is 1. The van der Waals surface area contributed by atoms with E-state index in [1.165, 1.54) is 5.01 Å². The molecule has 2 amide bonds. The lowest BCUT2D eigenvalue weighted by Gasteiger charge is -2.37. The molecular weight excluding hydrogens is 358 g/mol. The number of nitrogens with zero attached hydrogens (tertiary/aromatic N) is 4. The van der Waals surface area contributed by atoms with Crippen molar-refractivity contribution in [1.82, 2.24) is 15.2 Å². The van der Waals surface area contributed by atoms with Crippen molar-refractivity contribution in [3.8, 4) is 0 Å². The summed E-state index contributed by atoms with van der Waals surface area (Å²) >= 11 is 0. The number of amides is 2. The number of aliphatic imine (C=N–C) groups is 1. The second-order valence-electron chi connectivity index (χ2n) is 7.50. The lowest BCUT2D eigenvalue weighted by Crippen LogP contribution is -2.60. The van der Waals surface area contributed by atoms with Crippen LogP contribution in [0.25, 0.3) is 0 Å². The molecule has 150 valence electrons. The highest BCUT2D eigenvalue weighted by Gasteiger charge is 2.34. The Morgan fingerprint density at radius 1 is 1.21 bits per heavy atom. The van der Waals surface area contributed by atoms with Crippen molar-refractivity contribution < 1.29 is 14.3 Å². The maximum atomic E-state index is 13.0. The molecule has 0 aromatic heterocycles. The molecule has 0 radical (unpaired) electrons. The Kier molecular flexibility index (Phi) is 5.59. The predicted molar refractivity (Wildman–Crippen MR) is 106 cm³/mol. The number of carbonyl (C=O) groups excluding carboxylic acids is 2. The van der Waals surface area contributed by atoms with Crippen molar-refractivity contribution in [3.63, 3.8) is 0 Å². The molecule has 2 saturated heterocycles. The second-order valence-corrected chi connectivity index (χ2v) is 7.50. The second kappa shape index (κ2) is 8.28. The van der Waals surface area contributed by atoms with E-state index in [1.54, 1.807) is 6.92 Å². The molecule has 3 aliphatic rings. The quantitative estimate of drug-likeness (QED) is 0.823. The summed E-state index contributed by atoms with van der Waals surface area (Å²) in [6.45, 7) is 6.48. The number of benzene rings is 1. The first-order chi connectivity index (χ1) is 13.6. The number of piperazine rings is 1. The van der Waals surface area contributed by atoms with E-state index in [9.17, 15) is 9.59 Å². The molecule has 0 aliphatic carbocycles. The van der Waals surface area contributed by atoms with E-state index in [4.69, 9.17) is 4.74 Å². The highest BCUT2D eigenvalue weighted by Crippen LogP contribution is 2.17. The highest BCUT2D eigenvalue weighted by atomic mass is 16.5. The van der Waals surface area contributed by atoms with E-state index in [-0.39, 0.29) is 17.6 Å². The van der Waals surface area contributed by atoms with Gasteiger partial charge in [-0.15, -0.1) is 0 Å². The molecule has 0 saturated carbocycles. The summed E-state index contributed by atoms with van der Waals surface area (Å²) in [7, 11) is 0. The molecule has 3 aliphatic heterocycles. The normalized spacial score (nSPS) is 26.2. The summed E-state index contributed by atoms with van der Waals surface area (Å²) < 4.78 is 5.71. The number of nitrogens with one attached hydrogen (secondary N) is 1. The van der Waals surface area contributed by atoms with Crippen LogP contribution in [0.5, 0.6) is 0 Å². The van der Waals surface area contributed by atoms with Crippen LogP contribution in [0.1, 0.15) is 19.8 Å². The largest absolute Gasteiger partial charge is 0.377 e. The maximum absolute atomic E-state index is 13.0. The van der Waals surface area contributed by atoms with Gasteiger partial charge in [0.2, 0.25) is 5.84 Å². The molecular formula is C20H27N5O3. The van der Waals surface area contributed by atoms with E-state index < -0.39 is 6.04 Å². The average Bonchev–Trinajstić information content (AvgIpc) is 3.24. The number of hydrogen-bond acceptors (Lipinski definition) is 6. The van der Waals surface area contributed by atoms with Gasteiger partial charge in [-0.3, -0.25) is 19.9 Å². The molecule has 8 nitrogen and oxygen atoms in total. The third-order valence-corrected chi connectivity index (χ3v) is 5.48. The Balaban J connectivity index is 1.37. The molecule has 2 fully saturated rings. The maximum Gasteiger partial charge on any atom is 0.290 e. The van der Waals surface area contributed by atoms with Crippen molar-refractivity contribution >= 4 is 23.3 Å². The van der Waals surface area contributed by atoms with E-state index in [0.29, 0.717) is 24.9 Å². The minimum absolute atomic E-state index is 0.156. The van der Waals surface area contributed by atoms with Crippen LogP contribution in [0.3, 0.4) is 0 Å². The van der Waals surface area contributed by atoms with Crippen molar-refractivity contribution in [2.24, 2.45) is 4.99 Å². The Labute approximate surface area is 165 Å². The van der Waals surface area contributed by atoms with Crippen molar-refractivity contribution in [2.75, 3.05) is 44.3 Å². The molecule has 8 heteroatoms. The van der Waals surface area contributed by atoms with Gasteiger partial charge in [0.05, 0.1) is 11.8 Å². The van der Waals surface area contributed by atoms with Gasteiger partial charge in [0.15, 0.2) is 0 Å². The fourth-order valence-corrected chi connectivity index (χ4v) is 3.86. The van der Waals surface area contributed by atoms with E-state index in [2.05, 4.69) is 15.3 Å². The number of hydrogen-bond donors (Lipinski definition) is 1. The lowest BCUT2D eigenvalue weighted by atomic mass is 10.2. The minimum atomic E-state index is -0.596. The van der Waals surface area contributed by atoms with Crippen LogP contribution in [0.4, 0.5) is 5.69 Å². The number of hydrazine groups is 1. The first-order valence-electron chi connectivity index (χ1n) is 9.98. The molecule has 0 spiro atoms. The Morgan fingerprint density at radius 2 is 1.96 bits per heavy atom. The highest BCUT2D eigenvalue weighted by molar-refractivity contribution is 6.39. The van der Waals surface area contributed by atoms with Crippen molar-refractivity contribution in [3.05, 3.63) is 30.3 Å². The molecule has 1 aromatic carbocycles. The molecule has 2 unspecified atom stereocenters. The summed E-state index contributed by atoms with van der Waals surface area (Å²) in [5.41, 5.74) is 3.62. The number of carbonyl (C=O) groups is 2. The smallest absolute Gasteiger partial charge is 0.290 e.